The van der Waals surface area contributed by atoms with Crippen LogP contribution in [0.15, 0.2) is 59.1 Å². The highest BCUT2D eigenvalue weighted by atomic mass is 35.5. The van der Waals surface area contributed by atoms with Gasteiger partial charge in [-0.2, -0.15) is 0 Å². The van der Waals surface area contributed by atoms with Crippen molar-refractivity contribution in [3.63, 3.8) is 0 Å². The van der Waals surface area contributed by atoms with E-state index in [1.54, 1.807) is 18.2 Å². The van der Waals surface area contributed by atoms with Crippen molar-refractivity contribution in [3.05, 3.63) is 70.9 Å². The van der Waals surface area contributed by atoms with Gasteiger partial charge in [0, 0.05) is 29.8 Å². The van der Waals surface area contributed by atoms with Crippen LogP contribution < -0.4 is 10.6 Å². The summed E-state index contributed by atoms with van der Waals surface area (Å²) in [7, 11) is 0. The Balaban J connectivity index is 1.56. The van der Waals surface area contributed by atoms with Crippen LogP contribution in [0.3, 0.4) is 0 Å². The third-order valence-corrected chi connectivity index (χ3v) is 5.60. The van der Waals surface area contributed by atoms with Crippen LogP contribution in [0.25, 0.3) is 22.4 Å². The topological polar surface area (TPSA) is 97.1 Å². The van der Waals surface area contributed by atoms with Crippen LogP contribution in [0.2, 0.25) is 5.02 Å². The Bertz CT molecular complexity index is 1350. The van der Waals surface area contributed by atoms with Crippen molar-refractivity contribution in [1.82, 2.24) is 10.1 Å². The number of benzene rings is 2. The molecule has 2 heterocycles. The maximum atomic E-state index is 13.4. The first kappa shape index (κ1) is 20.2. The molecule has 0 radical (unpaired) electrons. The zero-order valence-corrected chi connectivity index (χ0v) is 17.9. The zero-order chi connectivity index (χ0) is 22.2. The Hall–Kier alpha value is -3.71. The van der Waals surface area contributed by atoms with Crippen LogP contribution in [-0.4, -0.2) is 22.0 Å². The highest BCUT2D eigenvalue weighted by Crippen LogP contribution is 2.41. The molecule has 1 saturated carbocycles. The number of anilines is 2. The normalized spacial score (nSPS) is 13.2. The molecule has 0 saturated heterocycles. The summed E-state index contributed by atoms with van der Waals surface area (Å²) in [4.78, 5) is 29.3. The number of rotatable bonds is 5. The summed E-state index contributed by atoms with van der Waals surface area (Å²) in [5.74, 6) is -0.212. The third kappa shape index (κ3) is 3.94. The summed E-state index contributed by atoms with van der Waals surface area (Å²) in [6, 6.07) is 16.3. The number of halogens is 1. The van der Waals surface area contributed by atoms with E-state index >= 15 is 0 Å². The van der Waals surface area contributed by atoms with E-state index in [4.69, 9.17) is 16.1 Å². The fraction of sp³-hybridized carbons (Fsp3) is 0.167. The van der Waals surface area contributed by atoms with Crippen molar-refractivity contribution >= 4 is 45.9 Å². The Morgan fingerprint density at radius 1 is 1.06 bits per heavy atom. The van der Waals surface area contributed by atoms with Crippen LogP contribution in [-0.2, 0) is 4.79 Å². The molecule has 2 N–H and O–H groups in total. The van der Waals surface area contributed by atoms with Crippen molar-refractivity contribution in [2.75, 3.05) is 10.6 Å². The van der Waals surface area contributed by atoms with Crippen LogP contribution in [0.5, 0.6) is 0 Å². The first-order chi connectivity index (χ1) is 15.5. The average Bonchev–Trinajstić information content (AvgIpc) is 3.54. The first-order valence-corrected chi connectivity index (χ1v) is 10.6. The van der Waals surface area contributed by atoms with Crippen molar-refractivity contribution in [3.8, 4) is 11.3 Å². The number of fused-ring (bicyclic) bond motifs is 1. The molecule has 2 amide bonds. The molecule has 0 aliphatic heterocycles. The van der Waals surface area contributed by atoms with E-state index < -0.39 is 0 Å². The van der Waals surface area contributed by atoms with Crippen LogP contribution in [0.4, 0.5) is 11.4 Å². The lowest BCUT2D eigenvalue weighted by Crippen LogP contribution is -2.14. The standard InChI is InChI=1S/C24H19ClN4O3/c1-13(30)26-16-9-10-19(18(25)11-16)27-23(31)17-12-20(14-7-8-14)28-24-21(17)22(29-32-24)15-5-3-2-4-6-15/h2-6,9-12,14H,7-8H2,1H3,(H,26,30)(H,27,31). The fourth-order valence-corrected chi connectivity index (χ4v) is 3.85. The van der Waals surface area contributed by atoms with E-state index in [9.17, 15) is 9.59 Å². The summed E-state index contributed by atoms with van der Waals surface area (Å²) in [6.07, 6.45) is 2.07. The molecular formula is C24H19ClN4O3. The molecule has 0 bridgehead atoms. The molecule has 4 aromatic rings. The van der Waals surface area contributed by atoms with Gasteiger partial charge < -0.3 is 15.2 Å². The molecule has 2 aromatic heterocycles. The molecule has 1 aliphatic rings. The third-order valence-electron chi connectivity index (χ3n) is 5.29. The number of nitrogens with one attached hydrogen (secondary N) is 2. The molecule has 2 aromatic carbocycles. The highest BCUT2D eigenvalue weighted by molar-refractivity contribution is 6.34. The number of carbonyl (C=O) groups is 2. The molecule has 0 atom stereocenters. The number of amides is 2. The largest absolute Gasteiger partial charge is 0.335 e. The maximum absolute atomic E-state index is 13.4. The van der Waals surface area contributed by atoms with E-state index in [1.165, 1.54) is 6.92 Å². The number of hydrogen-bond donors (Lipinski definition) is 2. The molecule has 5 rings (SSSR count). The van der Waals surface area contributed by atoms with Gasteiger partial charge in [-0.15, -0.1) is 0 Å². The minimum Gasteiger partial charge on any atom is -0.335 e. The lowest BCUT2D eigenvalue weighted by molar-refractivity contribution is -0.114. The monoisotopic (exact) mass is 446 g/mol. The Morgan fingerprint density at radius 3 is 2.53 bits per heavy atom. The van der Waals surface area contributed by atoms with E-state index in [2.05, 4.69) is 20.8 Å². The van der Waals surface area contributed by atoms with Gasteiger partial charge in [0.05, 0.1) is 21.7 Å². The number of pyridine rings is 1. The molecule has 1 fully saturated rings. The Morgan fingerprint density at radius 2 is 1.84 bits per heavy atom. The van der Waals surface area contributed by atoms with E-state index in [0.29, 0.717) is 44.7 Å². The second-order valence-corrected chi connectivity index (χ2v) is 8.18. The van der Waals surface area contributed by atoms with Gasteiger partial charge in [-0.05, 0) is 37.1 Å². The van der Waals surface area contributed by atoms with Crippen molar-refractivity contribution in [1.29, 1.82) is 0 Å². The fourth-order valence-electron chi connectivity index (χ4n) is 3.62. The predicted molar refractivity (Wildman–Crippen MR) is 123 cm³/mol. The van der Waals surface area contributed by atoms with Crippen LogP contribution >= 0.6 is 11.6 Å². The Labute approximate surface area is 188 Å². The lowest BCUT2D eigenvalue weighted by atomic mass is 10.0. The molecular weight excluding hydrogens is 428 g/mol. The van der Waals surface area contributed by atoms with Crippen LogP contribution in [0, 0.1) is 0 Å². The van der Waals surface area contributed by atoms with E-state index in [-0.39, 0.29) is 11.8 Å². The molecule has 7 nitrogen and oxygen atoms in total. The van der Waals surface area contributed by atoms with Crippen LogP contribution in [0.1, 0.15) is 41.7 Å². The summed E-state index contributed by atoms with van der Waals surface area (Å²) in [5, 5.41) is 10.6. The summed E-state index contributed by atoms with van der Waals surface area (Å²) >= 11 is 6.35. The van der Waals surface area contributed by atoms with Gasteiger partial charge in [0.15, 0.2) is 0 Å². The quantitative estimate of drug-likeness (QED) is 0.414. The average molecular weight is 447 g/mol. The minimum absolute atomic E-state index is 0.203. The summed E-state index contributed by atoms with van der Waals surface area (Å²) < 4.78 is 5.53. The van der Waals surface area contributed by atoms with Gasteiger partial charge in [-0.25, -0.2) is 4.98 Å². The smallest absolute Gasteiger partial charge is 0.259 e. The highest BCUT2D eigenvalue weighted by Gasteiger charge is 2.29. The number of hydrogen-bond acceptors (Lipinski definition) is 5. The molecule has 0 spiro atoms. The van der Waals surface area contributed by atoms with Crippen molar-refractivity contribution < 1.29 is 14.1 Å². The second-order valence-electron chi connectivity index (χ2n) is 7.78. The number of carbonyl (C=O) groups excluding carboxylic acids is 2. The Kier molecular flexibility index (Phi) is 5.11. The maximum Gasteiger partial charge on any atom is 0.259 e. The van der Waals surface area contributed by atoms with E-state index in [0.717, 1.165) is 24.1 Å². The van der Waals surface area contributed by atoms with Gasteiger partial charge >= 0.3 is 0 Å². The van der Waals surface area contributed by atoms with Gasteiger partial charge in [-0.1, -0.05) is 47.1 Å². The summed E-state index contributed by atoms with van der Waals surface area (Å²) in [6.45, 7) is 1.42. The number of nitrogens with zero attached hydrogens (tertiary/aromatic N) is 2. The molecule has 1 aliphatic carbocycles. The lowest BCUT2D eigenvalue weighted by Gasteiger charge is -2.11. The van der Waals surface area contributed by atoms with Crippen molar-refractivity contribution in [2.24, 2.45) is 0 Å². The van der Waals surface area contributed by atoms with Gasteiger partial charge in [0.1, 0.15) is 5.69 Å². The first-order valence-electron chi connectivity index (χ1n) is 10.2. The molecule has 8 heteroatoms. The van der Waals surface area contributed by atoms with Gasteiger partial charge in [-0.3, -0.25) is 9.59 Å². The molecule has 0 unspecified atom stereocenters. The SMILES string of the molecule is CC(=O)Nc1ccc(NC(=O)c2cc(C3CC3)nc3onc(-c4ccccc4)c23)c(Cl)c1. The second kappa shape index (κ2) is 8.09. The molecule has 160 valence electrons. The summed E-state index contributed by atoms with van der Waals surface area (Å²) in [5.41, 5.74) is 3.97. The zero-order valence-electron chi connectivity index (χ0n) is 17.2. The number of aromatic nitrogens is 2. The van der Waals surface area contributed by atoms with Gasteiger partial charge in [0.25, 0.3) is 11.6 Å². The van der Waals surface area contributed by atoms with Crippen molar-refractivity contribution in [2.45, 2.75) is 25.7 Å². The van der Waals surface area contributed by atoms with E-state index in [1.807, 2.05) is 36.4 Å². The minimum atomic E-state index is -0.339. The predicted octanol–water partition coefficient (Wildman–Crippen LogP) is 5.63. The van der Waals surface area contributed by atoms with Gasteiger partial charge in [0.2, 0.25) is 5.91 Å². The molecule has 32 heavy (non-hydrogen) atoms.